The van der Waals surface area contributed by atoms with E-state index >= 15 is 0 Å². The number of aryl methyl sites for hydroxylation is 1. The van der Waals surface area contributed by atoms with E-state index in [0.717, 1.165) is 30.1 Å². The predicted octanol–water partition coefficient (Wildman–Crippen LogP) is 4.51. The minimum absolute atomic E-state index is 0.00375. The van der Waals surface area contributed by atoms with Gasteiger partial charge in [-0.05, 0) is 49.9 Å². The van der Waals surface area contributed by atoms with E-state index in [-0.39, 0.29) is 22.1 Å². The zero-order valence-corrected chi connectivity index (χ0v) is 23.2. The Kier molecular flexibility index (Phi) is 9.84. The van der Waals surface area contributed by atoms with Gasteiger partial charge in [-0.1, -0.05) is 25.4 Å². The molecule has 2 heterocycles. The first kappa shape index (κ1) is 28.0. The number of anilines is 3. The molecule has 0 bridgehead atoms. The minimum Gasteiger partial charge on any atom is -0.610 e. The third-order valence-corrected chi connectivity index (χ3v) is 7.36. The maximum Gasteiger partial charge on any atom is 0.262 e. The fourth-order valence-corrected chi connectivity index (χ4v) is 4.94. The first-order valence-electron chi connectivity index (χ1n) is 12.0. The summed E-state index contributed by atoms with van der Waals surface area (Å²) in [5.74, 6) is 2.39. The molecule has 11 heteroatoms. The Balaban J connectivity index is 1.88. The lowest BCUT2D eigenvalue weighted by molar-refractivity contribution is 0.243. The average molecular weight is 534 g/mol. The molecule has 2 aromatic rings. The second-order valence-electron chi connectivity index (χ2n) is 9.45. The molecule has 0 radical (unpaired) electrons. The number of rotatable bonds is 11. The third kappa shape index (κ3) is 7.25. The molecule has 3 rings (SSSR count). The summed E-state index contributed by atoms with van der Waals surface area (Å²) in [6, 6.07) is 4.14. The lowest BCUT2D eigenvalue weighted by Crippen LogP contribution is -2.40. The number of nitrogens with one attached hydrogen (secondary N) is 5. The van der Waals surface area contributed by atoms with Crippen LogP contribution in [0.1, 0.15) is 44.7 Å². The van der Waals surface area contributed by atoms with Gasteiger partial charge in [-0.2, -0.15) is 4.98 Å². The van der Waals surface area contributed by atoms with Crippen LogP contribution in [0.2, 0.25) is 5.02 Å². The summed E-state index contributed by atoms with van der Waals surface area (Å²) in [7, 11) is 1.71. The van der Waals surface area contributed by atoms with Crippen molar-refractivity contribution in [2.75, 3.05) is 36.5 Å². The zero-order valence-electron chi connectivity index (χ0n) is 21.7. The van der Waals surface area contributed by atoms with Gasteiger partial charge in [-0.25, -0.2) is 4.98 Å². The fourth-order valence-electron chi connectivity index (χ4n) is 3.68. The number of ether oxygens (including phenoxy) is 1. The summed E-state index contributed by atoms with van der Waals surface area (Å²) in [6.07, 6.45) is 3.05. The van der Waals surface area contributed by atoms with Crippen molar-refractivity contribution < 1.29 is 9.29 Å². The van der Waals surface area contributed by atoms with Crippen molar-refractivity contribution in [2.24, 2.45) is 5.92 Å². The quantitative estimate of drug-likeness (QED) is 0.162. The van der Waals surface area contributed by atoms with Crippen molar-refractivity contribution in [1.29, 1.82) is 5.41 Å². The van der Waals surface area contributed by atoms with Crippen LogP contribution in [0.5, 0.6) is 5.75 Å². The molecule has 1 saturated heterocycles. The van der Waals surface area contributed by atoms with Gasteiger partial charge in [0, 0.05) is 43.4 Å². The molecule has 1 unspecified atom stereocenters. The van der Waals surface area contributed by atoms with Gasteiger partial charge < -0.3 is 30.6 Å². The van der Waals surface area contributed by atoms with Gasteiger partial charge in [-0.3, -0.25) is 5.41 Å². The number of benzene rings is 1. The molecular weight excluding hydrogens is 498 g/mol. The molecule has 1 aromatic heterocycles. The molecule has 9 nitrogen and oxygen atoms in total. The van der Waals surface area contributed by atoms with Crippen LogP contribution in [0.4, 0.5) is 17.5 Å². The van der Waals surface area contributed by atoms with E-state index in [4.69, 9.17) is 21.7 Å². The monoisotopic (exact) mass is 533 g/mol. The molecule has 5 N–H and O–H groups in total. The highest BCUT2D eigenvalue weighted by Gasteiger charge is 2.24. The summed E-state index contributed by atoms with van der Waals surface area (Å²) in [5, 5.41) is 21.1. The van der Waals surface area contributed by atoms with E-state index in [9.17, 15) is 4.55 Å². The van der Waals surface area contributed by atoms with Crippen LogP contribution < -0.4 is 26.0 Å². The van der Waals surface area contributed by atoms with Gasteiger partial charge in [-0.15, -0.1) is 0 Å². The van der Waals surface area contributed by atoms with Crippen LogP contribution in [-0.4, -0.2) is 51.6 Å². The van der Waals surface area contributed by atoms with Crippen LogP contribution in [0.3, 0.4) is 0 Å². The normalized spacial score (nSPS) is 15.0. The Morgan fingerprint density at radius 3 is 2.64 bits per heavy atom. The molecule has 36 heavy (non-hydrogen) atoms. The van der Waals surface area contributed by atoms with Gasteiger partial charge in [0.25, 0.3) is 5.04 Å². The van der Waals surface area contributed by atoms with Crippen molar-refractivity contribution in [3.05, 3.63) is 46.4 Å². The van der Waals surface area contributed by atoms with Gasteiger partial charge >= 0.3 is 0 Å². The fraction of sp³-hybridized carbons (Fsp3) is 0.480. The summed E-state index contributed by atoms with van der Waals surface area (Å²) in [6.45, 7) is 11.9. The van der Waals surface area contributed by atoms with Crippen LogP contribution >= 0.6 is 11.6 Å². The number of nitrogens with zero attached hydrogens (tertiary/aromatic N) is 2. The first-order chi connectivity index (χ1) is 17.1. The molecule has 196 valence electrons. The van der Waals surface area contributed by atoms with E-state index in [2.05, 4.69) is 44.2 Å². The van der Waals surface area contributed by atoms with Crippen LogP contribution in [0, 0.1) is 18.3 Å². The number of hydrogen-bond donors (Lipinski definition) is 5. The molecular formula is C25H36ClN7O2S. The molecule has 1 aliphatic rings. The van der Waals surface area contributed by atoms with E-state index in [1.165, 1.54) is 11.8 Å². The van der Waals surface area contributed by atoms with Crippen LogP contribution in [-0.2, 0) is 11.2 Å². The Morgan fingerprint density at radius 2 is 2.06 bits per heavy atom. The molecule has 0 amide bonds. The standard InChI is InChI=1S/C25H36ClN7O2S/c1-14(2)13-36(34)23(27)21(12-28-6)31-24-19(26)11-30-25(33-24)32-20-7-16(5)18(17-9-29-10-17)8-22(20)35-15(3)4/h7-8,11-12,14-15,17,27-29H,9-10,13H2,1-6H3,(H2,30,31,32,33)/b21-12+,27-23?. The number of hydrogen-bond acceptors (Lipinski definition) is 9. The largest absolute Gasteiger partial charge is 0.610 e. The predicted molar refractivity (Wildman–Crippen MR) is 149 cm³/mol. The topological polar surface area (TPSA) is 130 Å². The Labute approximate surface area is 221 Å². The molecule has 1 aliphatic heterocycles. The minimum atomic E-state index is -1.47. The molecule has 0 aliphatic carbocycles. The van der Waals surface area contributed by atoms with Gasteiger partial charge in [0.05, 0.1) is 18.0 Å². The second-order valence-corrected chi connectivity index (χ2v) is 11.3. The van der Waals surface area contributed by atoms with Gasteiger partial charge in [0.1, 0.15) is 22.2 Å². The third-order valence-electron chi connectivity index (χ3n) is 5.44. The highest BCUT2D eigenvalue weighted by Crippen LogP contribution is 2.36. The van der Waals surface area contributed by atoms with Gasteiger partial charge in [0.15, 0.2) is 5.82 Å². The molecule has 0 spiro atoms. The first-order valence-corrected chi connectivity index (χ1v) is 13.7. The second kappa shape index (κ2) is 12.6. The van der Waals surface area contributed by atoms with E-state index in [1.54, 1.807) is 13.2 Å². The number of halogens is 1. The SMILES string of the molecule is CN/C=C(/Nc1nc(Nc2cc(C)c(C3CNC3)cc2OC(C)C)ncc1Cl)C(=N)[S+]([O-])CC(C)C. The highest BCUT2D eigenvalue weighted by atomic mass is 35.5. The lowest BCUT2D eigenvalue weighted by Gasteiger charge is -2.30. The van der Waals surface area contributed by atoms with Gasteiger partial charge in [0.2, 0.25) is 5.95 Å². The van der Waals surface area contributed by atoms with Crippen molar-refractivity contribution in [2.45, 2.75) is 46.6 Å². The van der Waals surface area contributed by atoms with Crippen LogP contribution in [0.15, 0.2) is 30.2 Å². The molecule has 1 atom stereocenters. The average Bonchev–Trinajstić information content (AvgIpc) is 2.76. The molecule has 0 saturated carbocycles. The summed E-state index contributed by atoms with van der Waals surface area (Å²) < 4.78 is 18.7. The van der Waals surface area contributed by atoms with Crippen molar-refractivity contribution in [3.63, 3.8) is 0 Å². The smallest absolute Gasteiger partial charge is 0.262 e. The Hall–Kier alpha value is -2.53. The van der Waals surface area contributed by atoms with Crippen molar-refractivity contribution >= 4 is 45.3 Å². The Bertz CT molecular complexity index is 1110. The van der Waals surface area contributed by atoms with Crippen molar-refractivity contribution in [3.8, 4) is 5.75 Å². The van der Waals surface area contributed by atoms with E-state index < -0.39 is 11.2 Å². The van der Waals surface area contributed by atoms with E-state index in [0.29, 0.717) is 29.1 Å². The maximum atomic E-state index is 12.6. The Morgan fingerprint density at radius 1 is 1.33 bits per heavy atom. The summed E-state index contributed by atoms with van der Waals surface area (Å²) in [5.41, 5.74) is 3.50. The molecule has 1 fully saturated rings. The zero-order chi connectivity index (χ0) is 26.4. The summed E-state index contributed by atoms with van der Waals surface area (Å²) >= 11 is 4.91. The maximum absolute atomic E-state index is 12.6. The lowest BCUT2D eigenvalue weighted by atomic mass is 9.89. The molecule has 1 aromatic carbocycles. The number of aromatic nitrogens is 2. The van der Waals surface area contributed by atoms with Crippen molar-refractivity contribution in [1.82, 2.24) is 20.6 Å². The highest BCUT2D eigenvalue weighted by molar-refractivity contribution is 8.06. The van der Waals surface area contributed by atoms with E-state index in [1.807, 2.05) is 33.8 Å². The summed E-state index contributed by atoms with van der Waals surface area (Å²) in [4.78, 5) is 8.87. The van der Waals surface area contributed by atoms with Crippen LogP contribution in [0.25, 0.3) is 0 Å².